The molecule has 0 aromatic heterocycles. The fourth-order valence-electron chi connectivity index (χ4n) is 0.596. The lowest BCUT2D eigenvalue weighted by Gasteiger charge is -2.08. The Morgan fingerprint density at radius 1 is 1.38 bits per heavy atom. The van der Waals surface area contributed by atoms with Crippen LogP contribution in [-0.2, 0) is 9.47 Å². The Bertz CT molecular complexity index is 59.4. The summed E-state index contributed by atoms with van der Waals surface area (Å²) in [6.07, 6.45) is 0. The van der Waals surface area contributed by atoms with E-state index in [1.165, 1.54) is 0 Å². The molecule has 1 rings (SSSR count). The Morgan fingerprint density at radius 3 is 3.12 bits per heavy atom. The van der Waals surface area contributed by atoms with Crippen LogP contribution in [0.5, 0.6) is 0 Å². The molecule has 0 amide bonds. The fraction of sp³-hybridized carbons (Fsp3) is 1.00. The number of rotatable bonds is 0. The zero-order chi connectivity index (χ0) is 5.82. The standard InChI is InChI=1S/C5H11NO2/c1-6-2-3-7-5-8-4-6/h2-5H2,1H3. The molecular formula is C5H11NO2. The van der Waals surface area contributed by atoms with Crippen molar-refractivity contribution in [1.82, 2.24) is 4.90 Å². The predicted molar refractivity (Wildman–Crippen MR) is 29.4 cm³/mol. The number of hydrogen-bond donors (Lipinski definition) is 0. The molecule has 0 saturated carbocycles. The van der Waals surface area contributed by atoms with Crippen LogP contribution in [0.25, 0.3) is 0 Å². The summed E-state index contributed by atoms with van der Waals surface area (Å²) < 4.78 is 10.0. The molecule has 0 aliphatic carbocycles. The maximum Gasteiger partial charge on any atom is 0.148 e. The molecule has 48 valence electrons. The van der Waals surface area contributed by atoms with Gasteiger partial charge in [-0.2, -0.15) is 0 Å². The van der Waals surface area contributed by atoms with Crippen molar-refractivity contribution in [2.24, 2.45) is 0 Å². The molecule has 0 radical (unpaired) electrons. The van der Waals surface area contributed by atoms with Crippen LogP contribution < -0.4 is 0 Å². The van der Waals surface area contributed by atoms with Crippen molar-refractivity contribution in [3.05, 3.63) is 0 Å². The average Bonchev–Trinajstić information content (AvgIpc) is 1.94. The molecule has 1 fully saturated rings. The Balaban J connectivity index is 2.17. The van der Waals surface area contributed by atoms with Gasteiger partial charge in [-0.1, -0.05) is 0 Å². The van der Waals surface area contributed by atoms with Gasteiger partial charge in [0.2, 0.25) is 0 Å². The van der Waals surface area contributed by atoms with Crippen LogP contribution in [0, 0.1) is 0 Å². The van der Waals surface area contributed by atoms with Crippen molar-refractivity contribution in [2.45, 2.75) is 0 Å². The quantitative estimate of drug-likeness (QED) is 0.441. The third-order valence-electron chi connectivity index (χ3n) is 1.10. The predicted octanol–water partition coefficient (Wildman–Crippen LogP) is -0.120. The lowest BCUT2D eigenvalue weighted by atomic mass is 10.6. The van der Waals surface area contributed by atoms with Gasteiger partial charge >= 0.3 is 0 Å². The van der Waals surface area contributed by atoms with E-state index in [2.05, 4.69) is 4.90 Å². The molecule has 0 N–H and O–H groups in total. The monoisotopic (exact) mass is 117 g/mol. The second-order valence-electron chi connectivity index (χ2n) is 1.94. The lowest BCUT2D eigenvalue weighted by molar-refractivity contribution is -0.0449. The molecule has 3 nitrogen and oxygen atoms in total. The molecule has 1 saturated heterocycles. The molecule has 8 heavy (non-hydrogen) atoms. The van der Waals surface area contributed by atoms with Crippen LogP contribution in [0.1, 0.15) is 0 Å². The number of ether oxygens (including phenoxy) is 2. The maximum absolute atomic E-state index is 5.01. The second-order valence-corrected chi connectivity index (χ2v) is 1.94. The molecule has 0 aromatic rings. The molecule has 1 aliphatic heterocycles. The smallest absolute Gasteiger partial charge is 0.148 e. The molecule has 0 bridgehead atoms. The molecule has 1 heterocycles. The molecule has 0 aromatic carbocycles. The molecule has 0 spiro atoms. The maximum atomic E-state index is 5.01. The van der Waals surface area contributed by atoms with Crippen LogP contribution in [0.4, 0.5) is 0 Å². The number of nitrogens with zero attached hydrogens (tertiary/aromatic N) is 1. The highest BCUT2D eigenvalue weighted by Crippen LogP contribution is 1.90. The van der Waals surface area contributed by atoms with Gasteiger partial charge in [-0.25, -0.2) is 0 Å². The van der Waals surface area contributed by atoms with E-state index in [9.17, 15) is 0 Å². The highest BCUT2D eigenvalue weighted by atomic mass is 16.7. The SMILES string of the molecule is CN1CCOCOC1. The first kappa shape index (κ1) is 6.01. The molecule has 1 aliphatic rings. The first-order valence-electron chi connectivity index (χ1n) is 2.73. The first-order valence-corrected chi connectivity index (χ1v) is 2.73. The third kappa shape index (κ3) is 1.78. The van der Waals surface area contributed by atoms with Crippen LogP contribution in [0.2, 0.25) is 0 Å². The topological polar surface area (TPSA) is 21.7 Å². The zero-order valence-corrected chi connectivity index (χ0v) is 5.09. The van der Waals surface area contributed by atoms with Crippen molar-refractivity contribution < 1.29 is 9.47 Å². The first-order chi connectivity index (χ1) is 3.89. The van der Waals surface area contributed by atoms with Gasteiger partial charge in [-0.05, 0) is 7.05 Å². The van der Waals surface area contributed by atoms with Gasteiger partial charge in [0, 0.05) is 6.54 Å². The van der Waals surface area contributed by atoms with E-state index in [4.69, 9.17) is 9.47 Å². The average molecular weight is 117 g/mol. The van der Waals surface area contributed by atoms with Gasteiger partial charge in [0.1, 0.15) is 13.5 Å². The van der Waals surface area contributed by atoms with E-state index in [1.54, 1.807) is 0 Å². The molecule has 0 unspecified atom stereocenters. The van der Waals surface area contributed by atoms with Crippen molar-refractivity contribution in [1.29, 1.82) is 0 Å². The number of likely N-dealkylation sites (N-methyl/N-ethyl adjacent to an activating group) is 1. The molecule has 3 heteroatoms. The van der Waals surface area contributed by atoms with Gasteiger partial charge in [-0.15, -0.1) is 0 Å². The van der Waals surface area contributed by atoms with Crippen LogP contribution in [0.15, 0.2) is 0 Å². The summed E-state index contributed by atoms with van der Waals surface area (Å²) in [5.74, 6) is 0. The highest BCUT2D eigenvalue weighted by Gasteiger charge is 2.01. The minimum absolute atomic E-state index is 0.449. The number of hydrogen-bond acceptors (Lipinski definition) is 3. The third-order valence-corrected chi connectivity index (χ3v) is 1.10. The van der Waals surface area contributed by atoms with E-state index in [1.807, 2.05) is 7.05 Å². The summed E-state index contributed by atoms with van der Waals surface area (Å²) in [6, 6.07) is 0. The zero-order valence-electron chi connectivity index (χ0n) is 5.09. The van der Waals surface area contributed by atoms with Crippen molar-refractivity contribution >= 4 is 0 Å². The summed E-state index contributed by atoms with van der Waals surface area (Å²) in [6.45, 7) is 2.90. The summed E-state index contributed by atoms with van der Waals surface area (Å²) in [5, 5.41) is 0. The van der Waals surface area contributed by atoms with E-state index in [0.717, 1.165) is 13.2 Å². The van der Waals surface area contributed by atoms with E-state index in [0.29, 0.717) is 13.5 Å². The fourth-order valence-corrected chi connectivity index (χ4v) is 0.596. The Hall–Kier alpha value is -0.120. The summed E-state index contributed by atoms with van der Waals surface area (Å²) >= 11 is 0. The molecular weight excluding hydrogens is 106 g/mol. The van der Waals surface area contributed by atoms with E-state index < -0.39 is 0 Å². The normalized spacial score (nSPS) is 25.1. The second kappa shape index (κ2) is 3.02. The minimum atomic E-state index is 0.449. The summed E-state index contributed by atoms with van der Waals surface area (Å²) in [5.41, 5.74) is 0. The van der Waals surface area contributed by atoms with Gasteiger partial charge in [0.05, 0.1) is 6.61 Å². The summed E-state index contributed by atoms with van der Waals surface area (Å²) in [7, 11) is 2.01. The minimum Gasteiger partial charge on any atom is -0.354 e. The van der Waals surface area contributed by atoms with Crippen molar-refractivity contribution in [3.63, 3.8) is 0 Å². The van der Waals surface area contributed by atoms with Gasteiger partial charge in [0.15, 0.2) is 0 Å². The van der Waals surface area contributed by atoms with Gasteiger partial charge in [0.25, 0.3) is 0 Å². The highest BCUT2D eigenvalue weighted by molar-refractivity contribution is 4.43. The van der Waals surface area contributed by atoms with Crippen molar-refractivity contribution in [2.75, 3.05) is 33.7 Å². The van der Waals surface area contributed by atoms with Gasteiger partial charge in [-0.3, -0.25) is 4.90 Å². The van der Waals surface area contributed by atoms with Crippen LogP contribution in [-0.4, -0.2) is 38.6 Å². The van der Waals surface area contributed by atoms with Crippen LogP contribution in [0.3, 0.4) is 0 Å². The van der Waals surface area contributed by atoms with Crippen molar-refractivity contribution in [3.8, 4) is 0 Å². The van der Waals surface area contributed by atoms with Gasteiger partial charge < -0.3 is 9.47 Å². The van der Waals surface area contributed by atoms with E-state index in [-0.39, 0.29) is 0 Å². The Morgan fingerprint density at radius 2 is 2.25 bits per heavy atom. The Kier molecular flexibility index (Phi) is 2.27. The lowest BCUT2D eigenvalue weighted by Crippen LogP contribution is -2.21. The van der Waals surface area contributed by atoms with Crippen LogP contribution >= 0.6 is 0 Å². The Labute approximate surface area is 49.2 Å². The van der Waals surface area contributed by atoms with E-state index >= 15 is 0 Å². The largest absolute Gasteiger partial charge is 0.354 e. The molecule has 0 atom stereocenters. The summed E-state index contributed by atoms with van der Waals surface area (Å²) in [4.78, 5) is 2.08.